The lowest BCUT2D eigenvalue weighted by atomic mass is 9.99. The number of hydrogen-bond acceptors (Lipinski definition) is 8. The standard InChI is InChI=1S/C30H34N4O8S/c1-19-15-34(20(2)17-35)29(36)23-10-7-11-24(32-30(37)31-21-12-13-25-26(14-21)41-18-40-25)28(23)42-27(19)16-33(3)43(38,39)22-8-5-4-6-9-22/h4-14,19-20,27,35H,15-18H2,1-3H3,(H2,31,32,37)/t19-,20+,27+/m0/s1. The molecule has 43 heavy (non-hydrogen) atoms. The van der Waals surface area contributed by atoms with Gasteiger partial charge in [0.05, 0.1) is 35.3 Å². The average molecular weight is 611 g/mol. The number of aliphatic hydroxyl groups excluding tert-OH is 1. The number of fused-ring (bicyclic) bond motifs is 2. The Balaban J connectivity index is 1.45. The zero-order valence-electron chi connectivity index (χ0n) is 24.0. The quantitative estimate of drug-likeness (QED) is 0.351. The van der Waals surface area contributed by atoms with Crippen molar-refractivity contribution >= 4 is 33.3 Å². The van der Waals surface area contributed by atoms with E-state index in [2.05, 4.69) is 10.6 Å². The maximum atomic E-state index is 13.7. The van der Waals surface area contributed by atoms with Crippen molar-refractivity contribution in [3.05, 3.63) is 72.3 Å². The number of sulfonamides is 1. The van der Waals surface area contributed by atoms with Crippen LogP contribution >= 0.6 is 0 Å². The van der Waals surface area contributed by atoms with Gasteiger partial charge < -0.3 is 34.9 Å². The van der Waals surface area contributed by atoms with E-state index in [9.17, 15) is 23.1 Å². The first-order chi connectivity index (χ1) is 20.6. The minimum Gasteiger partial charge on any atom is -0.486 e. The molecule has 3 atom stereocenters. The van der Waals surface area contributed by atoms with E-state index in [4.69, 9.17) is 14.2 Å². The molecule has 0 fully saturated rings. The van der Waals surface area contributed by atoms with Gasteiger partial charge in [0.25, 0.3) is 5.91 Å². The zero-order valence-corrected chi connectivity index (χ0v) is 24.8. The highest BCUT2D eigenvalue weighted by Gasteiger charge is 2.36. The van der Waals surface area contributed by atoms with E-state index < -0.39 is 28.2 Å². The second-order valence-corrected chi connectivity index (χ2v) is 12.6. The van der Waals surface area contributed by atoms with Gasteiger partial charge in [-0.15, -0.1) is 0 Å². The Hall–Kier alpha value is -4.33. The number of carbonyl (C=O) groups is 2. The number of para-hydroxylation sites is 1. The lowest BCUT2D eigenvalue weighted by Crippen LogP contribution is -2.50. The molecule has 3 N–H and O–H groups in total. The molecule has 0 spiro atoms. The van der Waals surface area contributed by atoms with Crippen molar-refractivity contribution in [1.29, 1.82) is 0 Å². The van der Waals surface area contributed by atoms with Crippen molar-refractivity contribution < 1.29 is 37.3 Å². The van der Waals surface area contributed by atoms with Gasteiger partial charge in [-0.25, -0.2) is 13.2 Å². The molecule has 0 saturated heterocycles. The topological polar surface area (TPSA) is 147 Å². The summed E-state index contributed by atoms with van der Waals surface area (Å²) >= 11 is 0. The fourth-order valence-corrected chi connectivity index (χ4v) is 6.15. The zero-order chi connectivity index (χ0) is 30.7. The van der Waals surface area contributed by atoms with Crippen molar-refractivity contribution in [3.63, 3.8) is 0 Å². The molecule has 2 aliphatic heterocycles. The number of benzene rings is 3. The Kier molecular flexibility index (Phi) is 8.76. The first kappa shape index (κ1) is 30.1. The van der Waals surface area contributed by atoms with E-state index in [1.54, 1.807) is 66.4 Å². The Morgan fingerprint density at radius 3 is 2.56 bits per heavy atom. The van der Waals surface area contributed by atoms with Crippen LogP contribution in [0.2, 0.25) is 0 Å². The number of amides is 3. The van der Waals surface area contributed by atoms with Crippen LogP contribution in [0.1, 0.15) is 24.2 Å². The summed E-state index contributed by atoms with van der Waals surface area (Å²) in [7, 11) is -2.37. The lowest BCUT2D eigenvalue weighted by Gasteiger charge is -2.38. The number of ether oxygens (including phenoxy) is 3. The predicted molar refractivity (Wildman–Crippen MR) is 159 cm³/mol. The van der Waals surface area contributed by atoms with E-state index in [1.165, 1.54) is 23.5 Å². The van der Waals surface area contributed by atoms with Gasteiger partial charge in [-0.1, -0.05) is 31.2 Å². The van der Waals surface area contributed by atoms with Gasteiger partial charge in [0, 0.05) is 31.3 Å². The molecule has 3 aromatic carbocycles. The molecule has 3 aromatic rings. The van der Waals surface area contributed by atoms with Gasteiger partial charge in [0.2, 0.25) is 16.8 Å². The summed E-state index contributed by atoms with van der Waals surface area (Å²) in [5.41, 5.74) is 0.847. The third-order valence-electron chi connectivity index (χ3n) is 7.46. The van der Waals surface area contributed by atoms with Crippen LogP contribution in [-0.4, -0.2) is 80.4 Å². The summed E-state index contributed by atoms with van der Waals surface area (Å²) in [6.45, 7) is 3.59. The fraction of sp³-hybridized carbons (Fsp3) is 0.333. The Bertz CT molecular complexity index is 1600. The van der Waals surface area contributed by atoms with Gasteiger partial charge in [-0.05, 0) is 43.3 Å². The summed E-state index contributed by atoms with van der Waals surface area (Å²) in [6.07, 6.45) is -0.719. The number of carbonyl (C=O) groups excluding carboxylic acids is 2. The maximum absolute atomic E-state index is 13.7. The van der Waals surface area contributed by atoms with Crippen molar-refractivity contribution in [2.75, 3.05) is 44.2 Å². The largest absolute Gasteiger partial charge is 0.486 e. The highest BCUT2D eigenvalue weighted by molar-refractivity contribution is 7.89. The highest BCUT2D eigenvalue weighted by Crippen LogP contribution is 2.36. The third kappa shape index (κ3) is 6.38. The molecule has 2 heterocycles. The molecule has 228 valence electrons. The molecule has 0 unspecified atom stereocenters. The number of nitrogens with one attached hydrogen (secondary N) is 2. The number of aliphatic hydroxyl groups is 1. The molecular weight excluding hydrogens is 576 g/mol. The number of urea groups is 1. The van der Waals surface area contributed by atoms with E-state index in [1.807, 2.05) is 6.92 Å². The second-order valence-electron chi connectivity index (χ2n) is 10.6. The number of anilines is 2. The smallest absolute Gasteiger partial charge is 0.323 e. The number of likely N-dealkylation sites (N-methyl/N-ethyl adjacent to an activating group) is 1. The SMILES string of the molecule is C[C@H](CO)N1C[C@H](C)[C@@H](CN(C)S(=O)(=O)c2ccccc2)Oc2c(NC(=O)Nc3ccc4c(c3)OCO4)cccc2C1=O. The van der Waals surface area contributed by atoms with Gasteiger partial charge in [-0.3, -0.25) is 4.79 Å². The number of hydrogen-bond donors (Lipinski definition) is 3. The van der Waals surface area contributed by atoms with E-state index in [0.717, 1.165) is 0 Å². The molecule has 0 radical (unpaired) electrons. The minimum absolute atomic E-state index is 0.0366. The Morgan fingerprint density at radius 1 is 1.07 bits per heavy atom. The van der Waals surface area contributed by atoms with Crippen molar-refractivity contribution in [1.82, 2.24) is 9.21 Å². The van der Waals surface area contributed by atoms with Crippen LogP contribution in [0.4, 0.5) is 16.2 Å². The van der Waals surface area contributed by atoms with Crippen LogP contribution in [0.5, 0.6) is 17.2 Å². The molecule has 0 bridgehead atoms. The molecular formula is C30H34N4O8S. The summed E-state index contributed by atoms with van der Waals surface area (Å²) in [6, 6.07) is 16.7. The van der Waals surface area contributed by atoms with Gasteiger partial charge >= 0.3 is 6.03 Å². The van der Waals surface area contributed by atoms with Crippen LogP contribution in [-0.2, 0) is 10.0 Å². The molecule has 0 aliphatic carbocycles. The van der Waals surface area contributed by atoms with E-state index in [-0.39, 0.29) is 60.2 Å². The first-order valence-electron chi connectivity index (χ1n) is 13.8. The highest BCUT2D eigenvalue weighted by atomic mass is 32.2. The molecule has 5 rings (SSSR count). The molecule has 2 aliphatic rings. The summed E-state index contributed by atoms with van der Waals surface area (Å²) in [5, 5.41) is 15.4. The van der Waals surface area contributed by atoms with E-state index in [0.29, 0.717) is 17.2 Å². The van der Waals surface area contributed by atoms with Crippen molar-refractivity contribution in [2.45, 2.75) is 30.9 Å². The fourth-order valence-electron chi connectivity index (χ4n) is 4.94. The predicted octanol–water partition coefficient (Wildman–Crippen LogP) is 3.60. The maximum Gasteiger partial charge on any atom is 0.323 e. The Morgan fingerprint density at radius 2 is 1.81 bits per heavy atom. The molecule has 0 aromatic heterocycles. The van der Waals surface area contributed by atoms with Crippen LogP contribution in [0.25, 0.3) is 0 Å². The normalized spacial score (nSPS) is 18.7. The average Bonchev–Trinajstić information content (AvgIpc) is 3.47. The van der Waals surface area contributed by atoms with Crippen molar-refractivity contribution in [2.24, 2.45) is 5.92 Å². The van der Waals surface area contributed by atoms with Gasteiger partial charge in [0.1, 0.15) is 6.10 Å². The minimum atomic E-state index is -3.84. The van der Waals surface area contributed by atoms with Gasteiger partial charge in [-0.2, -0.15) is 4.31 Å². The third-order valence-corrected chi connectivity index (χ3v) is 9.30. The van der Waals surface area contributed by atoms with Crippen LogP contribution in [0.3, 0.4) is 0 Å². The summed E-state index contributed by atoms with van der Waals surface area (Å²) in [5.74, 6) is 0.442. The van der Waals surface area contributed by atoms with Gasteiger partial charge in [0.15, 0.2) is 17.2 Å². The monoisotopic (exact) mass is 610 g/mol. The molecule has 0 saturated carbocycles. The van der Waals surface area contributed by atoms with Crippen LogP contribution in [0.15, 0.2) is 71.6 Å². The lowest BCUT2D eigenvalue weighted by molar-refractivity contribution is 0.0389. The van der Waals surface area contributed by atoms with Crippen LogP contribution < -0.4 is 24.8 Å². The number of rotatable bonds is 8. The molecule has 3 amide bonds. The first-order valence-corrected chi connectivity index (χ1v) is 15.2. The Labute approximate surface area is 250 Å². The second kappa shape index (κ2) is 12.5. The summed E-state index contributed by atoms with van der Waals surface area (Å²) < 4.78 is 45.0. The molecule has 13 heteroatoms. The summed E-state index contributed by atoms with van der Waals surface area (Å²) in [4.78, 5) is 28.5. The van der Waals surface area contributed by atoms with E-state index >= 15 is 0 Å². The van der Waals surface area contributed by atoms with Crippen molar-refractivity contribution in [3.8, 4) is 17.2 Å². The van der Waals surface area contributed by atoms with Crippen LogP contribution in [0, 0.1) is 5.92 Å². The molecule has 12 nitrogen and oxygen atoms in total. The number of nitrogens with zero attached hydrogens (tertiary/aromatic N) is 2.